The van der Waals surface area contributed by atoms with Crippen LogP contribution < -0.4 is 11.1 Å². The van der Waals surface area contributed by atoms with E-state index < -0.39 is 0 Å². The molecule has 0 heterocycles. The average Bonchev–Trinajstić information content (AvgIpc) is 2.35. The Bertz CT molecular complexity index is 280. The third-order valence-electron chi connectivity index (χ3n) is 3.25. The number of nitrogens with one attached hydrogen (secondary N) is 1. The fraction of sp³-hybridized carbons (Fsp3) is 0.857. The van der Waals surface area contributed by atoms with Gasteiger partial charge in [0.1, 0.15) is 0 Å². The molecule has 112 valence electrons. The molecule has 0 bridgehead atoms. The van der Waals surface area contributed by atoms with Crippen LogP contribution in [0.2, 0.25) is 0 Å². The Labute approximate surface area is 116 Å². The summed E-state index contributed by atoms with van der Waals surface area (Å²) in [5, 5.41) is 2.72. The van der Waals surface area contributed by atoms with Crippen molar-refractivity contribution in [3.63, 3.8) is 0 Å². The molecule has 0 fully saturated rings. The molecule has 3 N–H and O–H groups in total. The number of amides is 2. The number of nitrogens with zero attached hydrogens (tertiary/aromatic N) is 1. The largest absolute Gasteiger partial charge is 0.356 e. The fourth-order valence-electron chi connectivity index (χ4n) is 1.68. The quantitative estimate of drug-likeness (QED) is 0.660. The Morgan fingerprint density at radius 1 is 1.26 bits per heavy atom. The van der Waals surface area contributed by atoms with Gasteiger partial charge in [0.15, 0.2) is 0 Å². The molecule has 0 aromatic heterocycles. The van der Waals surface area contributed by atoms with Gasteiger partial charge in [-0.15, -0.1) is 0 Å². The zero-order valence-corrected chi connectivity index (χ0v) is 12.7. The third-order valence-corrected chi connectivity index (χ3v) is 3.25. The molecule has 0 aliphatic carbocycles. The van der Waals surface area contributed by atoms with Crippen LogP contribution in [-0.4, -0.2) is 42.9 Å². The second-order valence-electron chi connectivity index (χ2n) is 5.32. The standard InChI is InChI=1S/C14H29N3O2/c1-5-16-13(18)7-6-8-14(19)17(4)10-9-12(15)11(2)3/h11-12H,5-10,15H2,1-4H3,(H,16,18). The Hall–Kier alpha value is -1.10. The van der Waals surface area contributed by atoms with Gasteiger partial charge in [-0.25, -0.2) is 0 Å². The molecule has 5 heteroatoms. The van der Waals surface area contributed by atoms with Crippen molar-refractivity contribution in [1.29, 1.82) is 0 Å². The molecule has 1 atom stereocenters. The van der Waals surface area contributed by atoms with E-state index in [1.165, 1.54) is 0 Å². The van der Waals surface area contributed by atoms with E-state index >= 15 is 0 Å². The highest BCUT2D eigenvalue weighted by Gasteiger charge is 2.13. The van der Waals surface area contributed by atoms with E-state index in [9.17, 15) is 9.59 Å². The van der Waals surface area contributed by atoms with Gasteiger partial charge in [-0.2, -0.15) is 0 Å². The molecule has 5 nitrogen and oxygen atoms in total. The van der Waals surface area contributed by atoms with E-state index in [1.807, 2.05) is 6.92 Å². The van der Waals surface area contributed by atoms with Crippen molar-refractivity contribution in [2.75, 3.05) is 20.1 Å². The maximum atomic E-state index is 11.8. The number of carbonyl (C=O) groups is 2. The smallest absolute Gasteiger partial charge is 0.222 e. The van der Waals surface area contributed by atoms with Gasteiger partial charge >= 0.3 is 0 Å². The second-order valence-corrected chi connectivity index (χ2v) is 5.32. The highest BCUT2D eigenvalue weighted by molar-refractivity contribution is 5.78. The number of hydrogen-bond acceptors (Lipinski definition) is 3. The number of carbonyl (C=O) groups excluding carboxylic acids is 2. The predicted molar refractivity (Wildman–Crippen MR) is 77.6 cm³/mol. The molecule has 19 heavy (non-hydrogen) atoms. The molecule has 0 aromatic carbocycles. The van der Waals surface area contributed by atoms with E-state index in [0.29, 0.717) is 38.3 Å². The van der Waals surface area contributed by atoms with Crippen LogP contribution in [0.1, 0.15) is 46.5 Å². The second kappa shape index (κ2) is 9.78. The number of nitrogens with two attached hydrogens (primary N) is 1. The Morgan fingerprint density at radius 2 is 1.89 bits per heavy atom. The zero-order valence-electron chi connectivity index (χ0n) is 12.7. The summed E-state index contributed by atoms with van der Waals surface area (Å²) in [4.78, 5) is 24.8. The molecule has 0 saturated carbocycles. The molecule has 1 unspecified atom stereocenters. The van der Waals surface area contributed by atoms with Crippen molar-refractivity contribution >= 4 is 11.8 Å². The SMILES string of the molecule is CCNC(=O)CCCC(=O)N(C)CCC(N)C(C)C. The first-order chi connectivity index (χ1) is 8.88. The Balaban J connectivity index is 3.79. The lowest BCUT2D eigenvalue weighted by atomic mass is 10.0. The molecule has 0 aromatic rings. The molecule has 0 spiro atoms. The highest BCUT2D eigenvalue weighted by atomic mass is 16.2. The first-order valence-electron chi connectivity index (χ1n) is 7.14. The summed E-state index contributed by atoms with van der Waals surface area (Å²) in [6, 6.07) is 0.130. The van der Waals surface area contributed by atoms with E-state index in [0.717, 1.165) is 6.42 Å². The zero-order chi connectivity index (χ0) is 14.8. The summed E-state index contributed by atoms with van der Waals surface area (Å²) in [7, 11) is 1.79. The van der Waals surface area contributed by atoms with Crippen molar-refractivity contribution in [2.45, 2.75) is 52.5 Å². The van der Waals surface area contributed by atoms with Gasteiger partial charge in [0.05, 0.1) is 0 Å². The molecule has 2 amide bonds. The summed E-state index contributed by atoms with van der Waals surface area (Å²) in [6.45, 7) is 7.37. The summed E-state index contributed by atoms with van der Waals surface area (Å²) in [6.07, 6.45) is 2.25. The van der Waals surface area contributed by atoms with E-state index in [2.05, 4.69) is 19.2 Å². The molecular formula is C14H29N3O2. The molecule has 0 saturated heterocycles. The minimum absolute atomic E-state index is 0.0137. The van der Waals surface area contributed by atoms with Gasteiger partial charge in [0.25, 0.3) is 0 Å². The first-order valence-corrected chi connectivity index (χ1v) is 7.14. The van der Waals surface area contributed by atoms with E-state index in [1.54, 1.807) is 11.9 Å². The molecule has 0 rings (SSSR count). The minimum Gasteiger partial charge on any atom is -0.356 e. The maximum absolute atomic E-state index is 11.8. The van der Waals surface area contributed by atoms with Crippen molar-refractivity contribution < 1.29 is 9.59 Å². The van der Waals surface area contributed by atoms with Crippen LogP contribution in [0.3, 0.4) is 0 Å². The van der Waals surface area contributed by atoms with Crippen molar-refractivity contribution in [3.8, 4) is 0 Å². The lowest BCUT2D eigenvalue weighted by Gasteiger charge is -2.21. The summed E-state index contributed by atoms with van der Waals surface area (Å²) < 4.78 is 0. The van der Waals surface area contributed by atoms with E-state index in [4.69, 9.17) is 5.73 Å². The minimum atomic E-state index is 0.0137. The van der Waals surface area contributed by atoms with Crippen LogP contribution in [0.15, 0.2) is 0 Å². The fourth-order valence-corrected chi connectivity index (χ4v) is 1.68. The topological polar surface area (TPSA) is 75.4 Å². The van der Waals surface area contributed by atoms with Gasteiger partial charge in [0, 0.05) is 39.0 Å². The van der Waals surface area contributed by atoms with Crippen LogP contribution in [-0.2, 0) is 9.59 Å². The van der Waals surface area contributed by atoms with Crippen LogP contribution in [0, 0.1) is 5.92 Å². The van der Waals surface area contributed by atoms with Crippen molar-refractivity contribution in [1.82, 2.24) is 10.2 Å². The van der Waals surface area contributed by atoms with Gasteiger partial charge in [0.2, 0.25) is 11.8 Å². The van der Waals surface area contributed by atoms with Gasteiger partial charge < -0.3 is 16.0 Å². The monoisotopic (exact) mass is 271 g/mol. The summed E-state index contributed by atoms with van der Waals surface area (Å²) in [5.74, 6) is 0.529. The first kappa shape index (κ1) is 17.9. The van der Waals surface area contributed by atoms with Crippen molar-refractivity contribution in [3.05, 3.63) is 0 Å². The van der Waals surface area contributed by atoms with Crippen LogP contribution in [0.4, 0.5) is 0 Å². The Morgan fingerprint density at radius 3 is 2.42 bits per heavy atom. The van der Waals surface area contributed by atoms with Gasteiger partial charge in [-0.05, 0) is 25.7 Å². The lowest BCUT2D eigenvalue weighted by Crippen LogP contribution is -2.34. The number of rotatable bonds is 9. The highest BCUT2D eigenvalue weighted by Crippen LogP contribution is 2.05. The van der Waals surface area contributed by atoms with Crippen LogP contribution in [0.5, 0.6) is 0 Å². The molecule has 0 radical (unpaired) electrons. The summed E-state index contributed by atoms with van der Waals surface area (Å²) >= 11 is 0. The molecular weight excluding hydrogens is 242 g/mol. The Kier molecular flexibility index (Phi) is 9.21. The van der Waals surface area contributed by atoms with Gasteiger partial charge in [-0.1, -0.05) is 13.8 Å². The van der Waals surface area contributed by atoms with Crippen molar-refractivity contribution in [2.24, 2.45) is 11.7 Å². The molecule has 0 aliphatic rings. The number of hydrogen-bond donors (Lipinski definition) is 2. The third kappa shape index (κ3) is 8.59. The van der Waals surface area contributed by atoms with Crippen LogP contribution >= 0.6 is 0 Å². The predicted octanol–water partition coefficient (Wildman–Crippen LogP) is 1.12. The van der Waals surface area contributed by atoms with Gasteiger partial charge in [-0.3, -0.25) is 9.59 Å². The lowest BCUT2D eigenvalue weighted by molar-refractivity contribution is -0.130. The normalized spacial score (nSPS) is 12.3. The summed E-state index contributed by atoms with van der Waals surface area (Å²) in [5.41, 5.74) is 5.95. The molecule has 0 aliphatic heterocycles. The van der Waals surface area contributed by atoms with Crippen LogP contribution in [0.25, 0.3) is 0 Å². The van der Waals surface area contributed by atoms with E-state index in [-0.39, 0.29) is 17.9 Å². The maximum Gasteiger partial charge on any atom is 0.222 e. The average molecular weight is 271 g/mol.